The van der Waals surface area contributed by atoms with Crippen molar-refractivity contribution >= 4 is 60.1 Å². The predicted octanol–water partition coefficient (Wildman–Crippen LogP) is 10.2. The van der Waals surface area contributed by atoms with Crippen molar-refractivity contribution < 1.29 is 38.2 Å². The number of fused-ring (bicyclic) bond motifs is 1. The Labute approximate surface area is 476 Å². The summed E-state index contributed by atoms with van der Waals surface area (Å²) in [5.74, 6) is -2.21. The Balaban J connectivity index is 0.000000214. The number of amides is 5. The van der Waals surface area contributed by atoms with Crippen LogP contribution in [0.15, 0.2) is 175 Å². The number of anilines is 1. The Morgan fingerprint density at radius 3 is 1.72 bits per heavy atom. The van der Waals surface area contributed by atoms with E-state index in [2.05, 4.69) is 20.9 Å². The molecule has 4 unspecified atom stereocenters. The molecule has 9 rings (SSSR count). The molecule has 6 aromatic rings. The molecule has 81 heavy (non-hydrogen) atoms. The molecule has 6 aromatic carbocycles. The zero-order chi connectivity index (χ0) is 56.8. The Morgan fingerprint density at radius 1 is 0.630 bits per heavy atom. The number of benzene rings is 6. The molecule has 3 N–H and O–H groups in total. The van der Waals surface area contributed by atoms with Crippen LogP contribution in [0.3, 0.4) is 0 Å². The van der Waals surface area contributed by atoms with Gasteiger partial charge in [-0.25, -0.2) is 0 Å². The first kappa shape index (κ1) is 58.8. The molecule has 2 saturated carbocycles. The Bertz CT molecular complexity index is 3060. The van der Waals surface area contributed by atoms with Crippen LogP contribution in [0.4, 0.5) is 11.4 Å². The van der Waals surface area contributed by atoms with Crippen LogP contribution in [0.2, 0.25) is 0 Å². The number of hydrogen-bond acceptors (Lipinski definition) is 9. The summed E-state index contributed by atoms with van der Waals surface area (Å²) in [5, 5.41) is 9.43. The largest absolute Gasteiger partial charge is 0.352 e. The minimum atomic E-state index is -1.10. The molecule has 1 heterocycles. The van der Waals surface area contributed by atoms with Crippen LogP contribution < -0.4 is 16.0 Å². The molecule has 5 amide bonds. The van der Waals surface area contributed by atoms with Gasteiger partial charge in [0, 0.05) is 12.5 Å². The minimum Gasteiger partial charge on any atom is -0.352 e. The van der Waals surface area contributed by atoms with E-state index >= 15 is 0 Å². The molecule has 2 aliphatic carbocycles. The van der Waals surface area contributed by atoms with E-state index in [4.69, 9.17) is 4.74 Å². The van der Waals surface area contributed by atoms with Crippen LogP contribution in [0.25, 0.3) is 0 Å². The molecule has 14 nitrogen and oxygen atoms in total. The SMILES string of the molecule is COC(=O)C(Cc1ccccc1)N(C(=O)c1ccccc1N=CB=O)C(CCc1ccccc1)C(=O)NC1CCCCC1.O=C1Nc2ccccc2C(=O)N(C(CCc2ccccc2)C(=O)NC2CCCCC2)C1Cc1ccccc1. The van der Waals surface area contributed by atoms with E-state index in [1.54, 1.807) is 53.4 Å². The number of carbonyl (C=O) groups excluding carboxylic acids is 6. The van der Waals surface area contributed by atoms with Gasteiger partial charge in [-0.3, -0.25) is 14.4 Å². The van der Waals surface area contributed by atoms with Crippen molar-refractivity contribution in [2.75, 3.05) is 12.4 Å². The van der Waals surface area contributed by atoms with Crippen LogP contribution in [-0.2, 0) is 54.3 Å². The number of aryl methyl sites for hydroxylation is 2. The summed E-state index contributed by atoms with van der Waals surface area (Å²) in [6.45, 7) is 0. The summed E-state index contributed by atoms with van der Waals surface area (Å²) in [5.41, 5.74) is 5.20. The molecule has 4 atom stereocenters. The third kappa shape index (κ3) is 16.4. The third-order valence-electron chi connectivity index (χ3n) is 15.6. The molecule has 1 aliphatic heterocycles. The first-order chi connectivity index (χ1) is 39.6. The average Bonchev–Trinajstić information content (AvgIpc) is 3.90. The van der Waals surface area contributed by atoms with Gasteiger partial charge < -0.3 is 15.5 Å². The monoisotopic (exact) mass is 1090 g/mol. The number of para-hydroxylation sites is 2. The topological polar surface area (TPSA) is 184 Å². The number of nitrogens with zero attached hydrogens (tertiary/aromatic N) is 3. The maximum atomic E-state index is 14.6. The molecule has 15 heteroatoms. The van der Waals surface area contributed by atoms with Gasteiger partial charge in [-0.05, 0) is 48.9 Å². The smallest absolute Gasteiger partial charge is 0.257 e. The van der Waals surface area contributed by atoms with Gasteiger partial charge in [0.2, 0.25) is 11.8 Å². The number of aliphatic imine (C=N–C) groups is 1. The summed E-state index contributed by atoms with van der Waals surface area (Å²) in [6, 6.07) is 48.9. The van der Waals surface area contributed by atoms with Gasteiger partial charge in [0.25, 0.3) is 5.91 Å². The first-order valence-corrected chi connectivity index (χ1v) is 28.6. The molecule has 0 radical (unpaired) electrons. The fourth-order valence-corrected chi connectivity index (χ4v) is 11.4. The first-order valence-electron chi connectivity index (χ1n) is 28.6. The molecule has 0 spiro atoms. The number of nitrogens with one attached hydrogen (secondary N) is 3. The number of rotatable bonds is 21. The second-order valence-electron chi connectivity index (χ2n) is 21.1. The Kier molecular flexibility index (Phi) is 22.0. The van der Waals surface area contributed by atoms with Gasteiger partial charge in [-0.1, -0.05) is 105 Å². The van der Waals surface area contributed by atoms with Gasteiger partial charge in [-0.15, -0.1) is 0 Å². The number of ether oxygens (including phenoxy) is 1. The minimum absolute atomic E-state index is 0.00704. The van der Waals surface area contributed by atoms with Crippen molar-refractivity contribution in [3.05, 3.63) is 203 Å². The molecule has 2 fully saturated rings. The molecular weight excluding hydrogens is 1020 g/mol. The van der Waals surface area contributed by atoms with Gasteiger partial charge >= 0.3 is 242 Å². The quantitative estimate of drug-likeness (QED) is 0.0361. The zero-order valence-electron chi connectivity index (χ0n) is 46.2. The van der Waals surface area contributed by atoms with Crippen molar-refractivity contribution in [3.8, 4) is 0 Å². The number of carbonyl (C=O) groups is 6. The maximum Gasteiger partial charge on any atom is 0.257 e. The number of methoxy groups -OCH3 is 1. The second kappa shape index (κ2) is 30.3. The Hall–Kier alpha value is -8.33. The van der Waals surface area contributed by atoms with Crippen LogP contribution in [0, 0.1) is 0 Å². The van der Waals surface area contributed by atoms with Crippen LogP contribution in [0.5, 0.6) is 0 Å². The van der Waals surface area contributed by atoms with E-state index in [1.165, 1.54) is 18.4 Å². The number of esters is 1. The van der Waals surface area contributed by atoms with E-state index in [0.717, 1.165) is 86.2 Å². The third-order valence-corrected chi connectivity index (χ3v) is 15.6. The van der Waals surface area contributed by atoms with Gasteiger partial charge in [0.05, 0.1) is 11.3 Å². The van der Waals surface area contributed by atoms with Gasteiger partial charge in [0.15, 0.2) is 0 Å². The molecule has 3 aliphatic rings. The normalized spacial score (nSPS) is 16.7. The van der Waals surface area contributed by atoms with E-state index in [1.807, 2.05) is 121 Å². The molecule has 0 aromatic heterocycles. The van der Waals surface area contributed by atoms with E-state index in [-0.39, 0.29) is 59.8 Å². The zero-order valence-corrected chi connectivity index (χ0v) is 46.2. The van der Waals surface area contributed by atoms with Crippen molar-refractivity contribution in [1.29, 1.82) is 0 Å². The summed E-state index contributed by atoms with van der Waals surface area (Å²) < 4.78 is 16.3. The molecule has 0 bridgehead atoms. The molecular formula is C66H73BN6O8. The van der Waals surface area contributed by atoms with Crippen LogP contribution in [-0.4, -0.2) is 102 Å². The summed E-state index contributed by atoms with van der Waals surface area (Å²) in [4.78, 5) is 91.3. The second-order valence-corrected chi connectivity index (χ2v) is 21.1. The van der Waals surface area contributed by atoms with Crippen molar-refractivity contribution in [2.45, 2.75) is 139 Å². The van der Waals surface area contributed by atoms with Crippen LogP contribution >= 0.6 is 0 Å². The molecule has 0 saturated heterocycles. The average molecular weight is 1090 g/mol. The van der Waals surface area contributed by atoms with Gasteiger partial charge in [0.1, 0.15) is 12.1 Å². The molecule has 418 valence electrons. The van der Waals surface area contributed by atoms with Gasteiger partial charge in [-0.2, -0.15) is 0 Å². The van der Waals surface area contributed by atoms with Crippen LogP contribution in [0.1, 0.15) is 120 Å². The summed E-state index contributed by atoms with van der Waals surface area (Å²) >= 11 is 0. The van der Waals surface area contributed by atoms with E-state index < -0.39 is 36.0 Å². The van der Waals surface area contributed by atoms with Crippen molar-refractivity contribution in [1.82, 2.24) is 20.4 Å². The number of hydrogen-bond donors (Lipinski definition) is 3. The Morgan fingerprint density at radius 2 is 1.14 bits per heavy atom. The van der Waals surface area contributed by atoms with Crippen molar-refractivity contribution in [3.63, 3.8) is 0 Å². The summed E-state index contributed by atoms with van der Waals surface area (Å²) in [7, 11) is 1.82. The predicted molar refractivity (Wildman–Crippen MR) is 315 cm³/mol. The van der Waals surface area contributed by atoms with E-state index in [0.29, 0.717) is 44.1 Å². The summed E-state index contributed by atoms with van der Waals surface area (Å²) in [6.07, 6.45) is 13.6. The fourth-order valence-electron chi connectivity index (χ4n) is 11.4. The van der Waals surface area contributed by atoms with Crippen molar-refractivity contribution in [2.24, 2.45) is 4.99 Å². The fraction of sp³-hybridized carbons (Fsp3) is 0.348. The standard InChI is InChI=1S/C34H38BN3O5.C32H35N3O3/c1-43-34(41)31(23-26-15-7-3-8-16-26)38(33(40)28-19-11-12-20-29(28)36-24-35-42)30(22-21-25-13-5-2-6-14-25)32(39)37-27-17-9-4-10-18-27;36-30(33-25-16-8-3-9-17-25)28(21-20-23-12-4-1-5-13-23)35-29(22-24-14-6-2-7-15-24)31(37)34-27-19-11-10-18-26(27)32(35)38/h2-3,5-8,11-16,19-20,24,27,30-31H,4,9-10,17-18,21-23H2,1H3,(H,37,39);1-2,4-7,10-15,18-19,25,28-29H,3,8-9,16-17,20-22H2,(H,33,36)(H,34,37). The maximum absolute atomic E-state index is 14.6. The van der Waals surface area contributed by atoms with E-state index in [9.17, 15) is 33.5 Å².